The Morgan fingerprint density at radius 2 is 2.06 bits per heavy atom. The van der Waals surface area contributed by atoms with Crippen molar-refractivity contribution in [2.45, 2.75) is 49.2 Å². The summed E-state index contributed by atoms with van der Waals surface area (Å²) < 4.78 is 0. The molecule has 33 heavy (non-hydrogen) atoms. The lowest BCUT2D eigenvalue weighted by molar-refractivity contribution is -0.115. The third-order valence-corrected chi connectivity index (χ3v) is 6.14. The number of nitrogens with two attached hydrogens (primary N) is 1. The highest BCUT2D eigenvalue weighted by Gasteiger charge is 2.25. The number of nitrogens with one attached hydrogen (secondary N) is 2. The highest BCUT2D eigenvalue weighted by Crippen LogP contribution is 2.31. The van der Waals surface area contributed by atoms with Gasteiger partial charge in [0.05, 0.1) is 0 Å². The van der Waals surface area contributed by atoms with Gasteiger partial charge >= 0.3 is 0 Å². The lowest BCUT2D eigenvalue weighted by Crippen LogP contribution is -2.31. The van der Waals surface area contributed by atoms with Gasteiger partial charge in [0.15, 0.2) is 11.0 Å². The summed E-state index contributed by atoms with van der Waals surface area (Å²) in [4.78, 5) is 30.9. The second-order valence-electron chi connectivity index (χ2n) is 8.31. The number of aliphatic imine (C=N–C) groups is 1. The number of benzene rings is 1. The molecule has 3 rings (SSSR count). The molecule has 0 spiro atoms. The molecule has 0 aliphatic carbocycles. The van der Waals surface area contributed by atoms with Crippen LogP contribution in [0.5, 0.6) is 0 Å². The minimum absolute atomic E-state index is 0.0201. The molecule has 176 valence electrons. The number of carbonyl (C=O) groups is 1. The van der Waals surface area contributed by atoms with Crippen LogP contribution in [0.15, 0.2) is 45.4 Å². The lowest BCUT2D eigenvalue weighted by Gasteiger charge is -2.21. The quantitative estimate of drug-likeness (QED) is 0.292. The molecule has 1 aliphatic rings. The first-order chi connectivity index (χ1) is 15.7. The molecule has 4 N–H and O–H groups in total. The van der Waals surface area contributed by atoms with Crippen molar-refractivity contribution < 1.29 is 4.79 Å². The molecule has 0 saturated carbocycles. The molecular weight excluding hydrogens is 436 g/mol. The fraction of sp³-hybridized carbons (Fsp3) is 0.435. The molecule has 0 radical (unpaired) electrons. The number of rotatable bonds is 9. The van der Waals surface area contributed by atoms with Crippen LogP contribution >= 0.6 is 11.8 Å². The summed E-state index contributed by atoms with van der Waals surface area (Å²) >= 11 is 1.43. The minimum atomic E-state index is -0.0201. The van der Waals surface area contributed by atoms with E-state index in [1.807, 2.05) is 37.3 Å². The molecule has 1 aromatic heterocycles. The zero-order valence-corrected chi connectivity index (χ0v) is 20.4. The topological polar surface area (TPSA) is 124 Å². The van der Waals surface area contributed by atoms with Crippen LogP contribution in [0, 0.1) is 5.41 Å². The van der Waals surface area contributed by atoms with Crippen molar-refractivity contribution in [3.63, 3.8) is 0 Å². The molecule has 9 nitrogen and oxygen atoms in total. The summed E-state index contributed by atoms with van der Waals surface area (Å²) in [6, 6.07) is 9.92. The Morgan fingerprint density at radius 3 is 2.67 bits per heavy atom. The zero-order valence-electron chi connectivity index (χ0n) is 19.6. The largest absolute Gasteiger partial charge is 0.387 e. The second-order valence-corrected chi connectivity index (χ2v) is 9.35. The monoisotopic (exact) mass is 468 g/mol. The maximum Gasteiger partial charge on any atom is 0.224 e. The van der Waals surface area contributed by atoms with E-state index in [1.165, 1.54) is 11.8 Å². The van der Waals surface area contributed by atoms with E-state index in [2.05, 4.69) is 39.2 Å². The highest BCUT2D eigenvalue weighted by atomic mass is 32.2. The van der Waals surface area contributed by atoms with E-state index in [1.54, 1.807) is 6.92 Å². The van der Waals surface area contributed by atoms with Gasteiger partial charge in [0.25, 0.3) is 0 Å². The summed E-state index contributed by atoms with van der Waals surface area (Å²) in [5.41, 5.74) is 7.23. The summed E-state index contributed by atoms with van der Waals surface area (Å²) in [5, 5.41) is 11.1. The standard InChI is InChI=1S/C23H32N8OS/c1-5-22(32)26-16-6-8-18(9-7-16)33-23-28-20(27-19(25)12-15(2)24)13-21(29-23)31-11-10-17(14-31)30(3)4/h6-9,13,17,24H,5,10-12,14H2,1-4H3,(H,26,32)(H2,25,27,28,29)/t17-/m0/s1. The Balaban J connectivity index is 1.85. The van der Waals surface area contributed by atoms with E-state index >= 15 is 0 Å². The number of hydrogen-bond donors (Lipinski definition) is 3. The third kappa shape index (κ3) is 7.26. The summed E-state index contributed by atoms with van der Waals surface area (Å²) in [6.45, 7) is 5.32. The van der Waals surface area contributed by atoms with Gasteiger partial charge in [-0.2, -0.15) is 0 Å². The lowest BCUT2D eigenvalue weighted by atomic mass is 10.2. The van der Waals surface area contributed by atoms with Gasteiger partial charge < -0.3 is 26.3 Å². The molecule has 1 amide bonds. The smallest absolute Gasteiger partial charge is 0.224 e. The molecule has 1 aromatic carbocycles. The predicted octanol–water partition coefficient (Wildman–Crippen LogP) is 3.54. The Morgan fingerprint density at radius 1 is 1.33 bits per heavy atom. The van der Waals surface area contributed by atoms with Crippen molar-refractivity contribution in [2.75, 3.05) is 37.4 Å². The number of nitrogens with zero attached hydrogens (tertiary/aromatic N) is 5. The van der Waals surface area contributed by atoms with Crippen LogP contribution in [-0.4, -0.2) is 65.5 Å². The number of likely N-dealkylation sites (N-methyl/N-ethyl adjacent to an activating group) is 1. The maximum atomic E-state index is 11.6. The van der Waals surface area contributed by atoms with E-state index in [0.717, 1.165) is 35.9 Å². The van der Waals surface area contributed by atoms with Gasteiger partial charge in [-0.1, -0.05) is 6.92 Å². The fourth-order valence-electron chi connectivity index (χ4n) is 3.46. The van der Waals surface area contributed by atoms with Gasteiger partial charge in [0.2, 0.25) is 5.91 Å². The molecule has 1 atom stereocenters. The molecule has 2 heterocycles. The molecule has 1 aliphatic heterocycles. The molecule has 0 unspecified atom stereocenters. The summed E-state index contributed by atoms with van der Waals surface area (Å²) in [7, 11) is 4.19. The van der Waals surface area contributed by atoms with Gasteiger partial charge in [0.1, 0.15) is 11.7 Å². The maximum absolute atomic E-state index is 11.6. The molecule has 10 heteroatoms. The first-order valence-corrected chi connectivity index (χ1v) is 11.8. The Labute approximate surface area is 199 Å². The number of aromatic nitrogens is 2. The highest BCUT2D eigenvalue weighted by molar-refractivity contribution is 7.99. The first-order valence-electron chi connectivity index (χ1n) is 11.0. The van der Waals surface area contributed by atoms with Gasteiger partial charge in [-0.05, 0) is 63.5 Å². The fourth-order valence-corrected chi connectivity index (χ4v) is 4.22. The molecular formula is C23H32N8OS. The van der Waals surface area contributed by atoms with Crippen LogP contribution in [0.2, 0.25) is 0 Å². The van der Waals surface area contributed by atoms with Crippen LogP contribution in [-0.2, 0) is 4.79 Å². The van der Waals surface area contributed by atoms with Crippen molar-refractivity contribution in [2.24, 2.45) is 10.7 Å². The van der Waals surface area contributed by atoms with E-state index < -0.39 is 0 Å². The molecule has 1 fully saturated rings. The average Bonchev–Trinajstić information content (AvgIpc) is 3.25. The van der Waals surface area contributed by atoms with E-state index in [0.29, 0.717) is 41.4 Å². The van der Waals surface area contributed by atoms with Crippen LogP contribution in [0.1, 0.15) is 33.1 Å². The van der Waals surface area contributed by atoms with Crippen molar-refractivity contribution in [3.05, 3.63) is 30.3 Å². The zero-order chi connectivity index (χ0) is 24.0. The van der Waals surface area contributed by atoms with E-state index in [9.17, 15) is 4.79 Å². The molecule has 0 bridgehead atoms. The van der Waals surface area contributed by atoms with E-state index in [4.69, 9.17) is 16.1 Å². The van der Waals surface area contributed by atoms with Crippen molar-refractivity contribution in [1.29, 1.82) is 5.41 Å². The van der Waals surface area contributed by atoms with Gasteiger partial charge in [-0.25, -0.2) is 15.0 Å². The third-order valence-electron chi connectivity index (χ3n) is 5.27. The second kappa shape index (κ2) is 11.2. The van der Waals surface area contributed by atoms with Gasteiger partial charge in [-0.3, -0.25) is 4.79 Å². The minimum Gasteiger partial charge on any atom is -0.387 e. The summed E-state index contributed by atoms with van der Waals surface area (Å²) in [5.74, 6) is 1.64. The van der Waals surface area contributed by atoms with Crippen LogP contribution in [0.4, 0.5) is 17.3 Å². The number of carbonyl (C=O) groups excluding carboxylic acids is 1. The number of hydrogen-bond acceptors (Lipinski definition) is 8. The van der Waals surface area contributed by atoms with Crippen LogP contribution in [0.25, 0.3) is 0 Å². The Hall–Kier alpha value is -2.98. The van der Waals surface area contributed by atoms with Gasteiger partial charge in [0, 0.05) is 54.3 Å². The Kier molecular flexibility index (Phi) is 8.40. The molecule has 2 aromatic rings. The van der Waals surface area contributed by atoms with Crippen molar-refractivity contribution in [1.82, 2.24) is 14.9 Å². The van der Waals surface area contributed by atoms with Crippen molar-refractivity contribution in [3.8, 4) is 0 Å². The van der Waals surface area contributed by atoms with E-state index in [-0.39, 0.29) is 5.91 Å². The molecule has 1 saturated heterocycles. The summed E-state index contributed by atoms with van der Waals surface area (Å²) in [6.07, 6.45) is 1.81. The van der Waals surface area contributed by atoms with Crippen molar-refractivity contribution >= 4 is 46.5 Å². The normalized spacial score (nSPS) is 16.3. The van der Waals surface area contributed by atoms with Crippen LogP contribution in [0.3, 0.4) is 0 Å². The predicted molar refractivity (Wildman–Crippen MR) is 135 cm³/mol. The van der Waals surface area contributed by atoms with Crippen LogP contribution < -0.4 is 16.0 Å². The first kappa shape index (κ1) is 24.7. The number of amidine groups is 1. The average molecular weight is 469 g/mol. The van der Waals surface area contributed by atoms with Gasteiger partial charge in [-0.15, -0.1) is 0 Å². The number of amides is 1. The number of anilines is 2. The Bertz CT molecular complexity index is 1020. The SMILES string of the molecule is CCC(=O)Nc1ccc(Sc2nc(N=C(N)CC(C)=N)cc(N3CC[C@H](N(C)C)C3)n2)cc1.